The van der Waals surface area contributed by atoms with E-state index in [1.54, 1.807) is 6.07 Å². The van der Waals surface area contributed by atoms with Crippen LogP contribution in [0.3, 0.4) is 0 Å². The zero-order chi connectivity index (χ0) is 14.9. The van der Waals surface area contributed by atoms with Gasteiger partial charge in [0.2, 0.25) is 5.91 Å². The Kier molecular flexibility index (Phi) is 5.91. The Hall–Kier alpha value is -2.20. The zero-order valence-corrected chi connectivity index (χ0v) is 11.7. The fourth-order valence-corrected chi connectivity index (χ4v) is 1.93. The van der Waals surface area contributed by atoms with Crippen LogP contribution in [-0.4, -0.2) is 19.1 Å². The first-order chi connectivity index (χ1) is 10.2. The first kappa shape index (κ1) is 15.2. The maximum absolute atomic E-state index is 13.0. The Balaban J connectivity index is 1.61. The SMILES string of the molecule is O=C(COCc1ccccc1)NCCc1cccc(F)c1. The van der Waals surface area contributed by atoms with Gasteiger partial charge in [0.25, 0.3) is 0 Å². The molecule has 0 aromatic heterocycles. The van der Waals surface area contributed by atoms with Crippen LogP contribution in [0, 0.1) is 5.82 Å². The molecule has 0 radical (unpaired) electrons. The minimum absolute atomic E-state index is 0.0258. The van der Waals surface area contributed by atoms with Crippen molar-refractivity contribution in [2.24, 2.45) is 0 Å². The van der Waals surface area contributed by atoms with Crippen molar-refractivity contribution in [3.63, 3.8) is 0 Å². The summed E-state index contributed by atoms with van der Waals surface area (Å²) in [6.45, 7) is 0.910. The van der Waals surface area contributed by atoms with Gasteiger partial charge in [-0.15, -0.1) is 0 Å². The number of ether oxygens (including phenoxy) is 1. The third kappa shape index (κ3) is 5.75. The van der Waals surface area contributed by atoms with Gasteiger partial charge < -0.3 is 10.1 Å². The van der Waals surface area contributed by atoms with Crippen molar-refractivity contribution in [3.05, 3.63) is 71.5 Å². The van der Waals surface area contributed by atoms with Crippen molar-refractivity contribution in [2.45, 2.75) is 13.0 Å². The summed E-state index contributed by atoms with van der Waals surface area (Å²) >= 11 is 0. The number of benzene rings is 2. The van der Waals surface area contributed by atoms with E-state index in [-0.39, 0.29) is 18.3 Å². The molecule has 0 saturated carbocycles. The minimum Gasteiger partial charge on any atom is -0.367 e. The largest absolute Gasteiger partial charge is 0.367 e. The number of hydrogen-bond acceptors (Lipinski definition) is 2. The normalized spacial score (nSPS) is 10.3. The molecule has 0 aliphatic rings. The van der Waals surface area contributed by atoms with Gasteiger partial charge in [-0.1, -0.05) is 42.5 Å². The molecule has 1 amide bonds. The Labute approximate surface area is 123 Å². The molecule has 3 nitrogen and oxygen atoms in total. The lowest BCUT2D eigenvalue weighted by molar-refractivity contribution is -0.126. The Morgan fingerprint density at radius 2 is 1.81 bits per heavy atom. The van der Waals surface area contributed by atoms with E-state index in [1.165, 1.54) is 12.1 Å². The third-order valence-electron chi connectivity index (χ3n) is 2.97. The predicted octanol–water partition coefficient (Wildman–Crippen LogP) is 2.70. The van der Waals surface area contributed by atoms with Gasteiger partial charge >= 0.3 is 0 Å². The molecular weight excluding hydrogens is 269 g/mol. The van der Waals surface area contributed by atoms with Crippen molar-refractivity contribution in [2.75, 3.05) is 13.2 Å². The van der Waals surface area contributed by atoms with Crippen LogP contribution in [0.4, 0.5) is 4.39 Å². The van der Waals surface area contributed by atoms with Crippen molar-refractivity contribution >= 4 is 5.91 Å². The summed E-state index contributed by atoms with van der Waals surface area (Å²) in [6.07, 6.45) is 0.599. The number of amides is 1. The van der Waals surface area contributed by atoms with Gasteiger partial charge in [0.15, 0.2) is 0 Å². The first-order valence-corrected chi connectivity index (χ1v) is 6.87. The number of rotatable bonds is 7. The quantitative estimate of drug-likeness (QED) is 0.850. The fraction of sp³-hybridized carbons (Fsp3) is 0.235. The maximum Gasteiger partial charge on any atom is 0.246 e. The molecule has 0 aliphatic carbocycles. The second-order valence-electron chi connectivity index (χ2n) is 4.71. The molecule has 0 fully saturated rings. The van der Waals surface area contributed by atoms with Crippen LogP contribution in [0.25, 0.3) is 0 Å². The van der Waals surface area contributed by atoms with Crippen LogP contribution in [0.15, 0.2) is 54.6 Å². The molecule has 2 aromatic carbocycles. The highest BCUT2D eigenvalue weighted by atomic mass is 19.1. The molecular formula is C17H18FNO2. The fourth-order valence-electron chi connectivity index (χ4n) is 1.93. The van der Waals surface area contributed by atoms with E-state index in [4.69, 9.17) is 4.74 Å². The molecule has 0 unspecified atom stereocenters. The van der Waals surface area contributed by atoms with Gasteiger partial charge in [0.05, 0.1) is 6.61 Å². The van der Waals surface area contributed by atoms with Gasteiger partial charge in [-0.3, -0.25) is 4.79 Å². The lowest BCUT2D eigenvalue weighted by Gasteiger charge is -2.06. The van der Waals surface area contributed by atoms with Crippen molar-refractivity contribution in [1.82, 2.24) is 5.32 Å². The summed E-state index contributed by atoms with van der Waals surface area (Å²) < 4.78 is 18.3. The van der Waals surface area contributed by atoms with Gasteiger partial charge in [0.1, 0.15) is 12.4 Å². The zero-order valence-electron chi connectivity index (χ0n) is 11.7. The third-order valence-corrected chi connectivity index (χ3v) is 2.97. The molecule has 0 spiro atoms. The summed E-state index contributed by atoms with van der Waals surface area (Å²) in [5.74, 6) is -0.424. The molecule has 0 saturated heterocycles. The van der Waals surface area contributed by atoms with Crippen LogP contribution < -0.4 is 5.32 Å². The monoisotopic (exact) mass is 287 g/mol. The van der Waals surface area contributed by atoms with Gasteiger partial charge in [-0.2, -0.15) is 0 Å². The molecule has 0 bridgehead atoms. The summed E-state index contributed by atoms with van der Waals surface area (Å²) in [5.41, 5.74) is 1.89. The van der Waals surface area contributed by atoms with E-state index in [2.05, 4.69) is 5.32 Å². The molecule has 0 aliphatic heterocycles. The van der Waals surface area contributed by atoms with Crippen LogP contribution in [-0.2, 0) is 22.6 Å². The number of carbonyl (C=O) groups excluding carboxylic acids is 1. The number of carbonyl (C=O) groups is 1. The number of nitrogens with one attached hydrogen (secondary N) is 1. The van der Waals surface area contributed by atoms with Crippen molar-refractivity contribution in [3.8, 4) is 0 Å². The molecule has 21 heavy (non-hydrogen) atoms. The van der Waals surface area contributed by atoms with E-state index in [0.717, 1.165) is 11.1 Å². The molecule has 2 aromatic rings. The van der Waals surface area contributed by atoms with Crippen LogP contribution in [0.2, 0.25) is 0 Å². The van der Waals surface area contributed by atoms with Crippen LogP contribution >= 0.6 is 0 Å². The summed E-state index contributed by atoms with van der Waals surface area (Å²) in [4.78, 5) is 11.6. The lowest BCUT2D eigenvalue weighted by atomic mass is 10.1. The van der Waals surface area contributed by atoms with Gasteiger partial charge in [0, 0.05) is 6.54 Å². The summed E-state index contributed by atoms with van der Waals surface area (Å²) in [5, 5.41) is 2.75. The highest BCUT2D eigenvalue weighted by Gasteiger charge is 2.02. The Morgan fingerprint density at radius 1 is 1.05 bits per heavy atom. The van der Waals surface area contributed by atoms with E-state index in [9.17, 15) is 9.18 Å². The molecule has 4 heteroatoms. The smallest absolute Gasteiger partial charge is 0.246 e. The molecule has 0 atom stereocenters. The summed E-state index contributed by atoms with van der Waals surface area (Å²) in [6, 6.07) is 16.1. The molecule has 2 rings (SSSR count). The standard InChI is InChI=1S/C17H18FNO2/c18-16-8-4-7-14(11-16)9-10-19-17(20)13-21-12-15-5-2-1-3-6-15/h1-8,11H,9-10,12-13H2,(H,19,20). The van der Waals surface area contributed by atoms with Crippen molar-refractivity contribution < 1.29 is 13.9 Å². The predicted molar refractivity (Wildman–Crippen MR) is 79.2 cm³/mol. The van der Waals surface area contributed by atoms with E-state index < -0.39 is 0 Å². The van der Waals surface area contributed by atoms with E-state index in [0.29, 0.717) is 19.6 Å². The van der Waals surface area contributed by atoms with E-state index in [1.807, 2.05) is 36.4 Å². The average molecular weight is 287 g/mol. The Morgan fingerprint density at radius 3 is 2.57 bits per heavy atom. The van der Waals surface area contributed by atoms with Crippen LogP contribution in [0.5, 0.6) is 0 Å². The minimum atomic E-state index is -0.259. The molecule has 0 heterocycles. The topological polar surface area (TPSA) is 38.3 Å². The second kappa shape index (κ2) is 8.17. The number of halogens is 1. The average Bonchev–Trinajstić information content (AvgIpc) is 2.48. The Bertz CT molecular complexity index is 572. The molecule has 1 N–H and O–H groups in total. The summed E-state index contributed by atoms with van der Waals surface area (Å²) in [7, 11) is 0. The van der Waals surface area contributed by atoms with E-state index >= 15 is 0 Å². The van der Waals surface area contributed by atoms with Crippen LogP contribution in [0.1, 0.15) is 11.1 Å². The highest BCUT2D eigenvalue weighted by Crippen LogP contribution is 2.03. The van der Waals surface area contributed by atoms with Gasteiger partial charge in [-0.05, 0) is 29.7 Å². The first-order valence-electron chi connectivity index (χ1n) is 6.87. The van der Waals surface area contributed by atoms with Crippen molar-refractivity contribution in [1.29, 1.82) is 0 Å². The highest BCUT2D eigenvalue weighted by molar-refractivity contribution is 5.77. The second-order valence-corrected chi connectivity index (χ2v) is 4.71. The van der Waals surface area contributed by atoms with Gasteiger partial charge in [-0.25, -0.2) is 4.39 Å². The molecule has 110 valence electrons. The number of hydrogen-bond donors (Lipinski definition) is 1. The lowest BCUT2D eigenvalue weighted by Crippen LogP contribution is -2.29. The maximum atomic E-state index is 13.0.